The predicted octanol–water partition coefficient (Wildman–Crippen LogP) is 4.33. The molecule has 214 valence electrons. The van der Waals surface area contributed by atoms with Crippen molar-refractivity contribution in [2.75, 3.05) is 20.1 Å². The Bertz CT molecular complexity index is 1070. The largest absolute Gasteiger partial charge is 0.480 e. The molecule has 0 fully saturated rings. The molecule has 3 N–H and O–H groups in total. The Morgan fingerprint density at radius 1 is 1.00 bits per heavy atom. The highest BCUT2D eigenvalue weighted by atomic mass is 16.4. The maximum absolute atomic E-state index is 12.6. The van der Waals surface area contributed by atoms with Crippen LogP contribution in [0.5, 0.6) is 0 Å². The molecule has 1 unspecified atom stereocenters. The number of amides is 3. The third-order valence-electron chi connectivity index (χ3n) is 6.48. The van der Waals surface area contributed by atoms with Crippen LogP contribution in [0.25, 0.3) is 11.5 Å². The molecule has 1 aromatic heterocycles. The molecule has 1 aromatic carbocycles. The Morgan fingerprint density at radius 2 is 1.67 bits per heavy atom. The minimum absolute atomic E-state index is 0.00593. The molecule has 2 aromatic rings. The number of aliphatic carboxylic acids is 1. The molecule has 0 bridgehead atoms. The Hall–Kier alpha value is -3.69. The number of carbonyl (C=O) groups is 4. The summed E-state index contributed by atoms with van der Waals surface area (Å²) in [4.78, 5) is 54.6. The van der Waals surface area contributed by atoms with Crippen molar-refractivity contribution in [3.05, 3.63) is 41.8 Å². The Balaban J connectivity index is 1.70. The fraction of sp³-hybridized carbons (Fsp3) is 0.552. The standard InChI is InChI=1S/C29H42N4O6/c1-4-5-6-7-8-9-13-16-24(34)31-23(29(37)38)17-18-25(35)33(3)20-19-30-27(36)26-21(2)39-28(32-26)22-14-11-10-12-15-22/h10-12,14-15,23H,4-9,13,16-20H2,1-3H3,(H,30,36)(H,31,34)(H,37,38). The van der Waals surface area contributed by atoms with Crippen molar-refractivity contribution in [3.63, 3.8) is 0 Å². The third kappa shape index (κ3) is 11.3. The lowest BCUT2D eigenvalue weighted by atomic mass is 10.1. The number of oxazole rings is 1. The molecule has 0 radical (unpaired) electrons. The van der Waals surface area contributed by atoms with Crippen molar-refractivity contribution in [2.24, 2.45) is 0 Å². The van der Waals surface area contributed by atoms with E-state index in [-0.39, 0.29) is 49.9 Å². The zero-order valence-electron chi connectivity index (χ0n) is 23.3. The van der Waals surface area contributed by atoms with Crippen molar-refractivity contribution in [1.29, 1.82) is 0 Å². The van der Waals surface area contributed by atoms with Gasteiger partial charge in [0.05, 0.1) is 0 Å². The highest BCUT2D eigenvalue weighted by Crippen LogP contribution is 2.21. The van der Waals surface area contributed by atoms with E-state index in [9.17, 15) is 24.3 Å². The summed E-state index contributed by atoms with van der Waals surface area (Å²) in [6.45, 7) is 4.25. The first kappa shape index (κ1) is 31.5. The molecule has 0 aliphatic heterocycles. The van der Waals surface area contributed by atoms with Crippen LogP contribution in [0.2, 0.25) is 0 Å². The number of hydrogen-bond acceptors (Lipinski definition) is 6. The smallest absolute Gasteiger partial charge is 0.326 e. The molecule has 0 aliphatic rings. The number of rotatable bonds is 18. The van der Waals surface area contributed by atoms with E-state index in [1.807, 2.05) is 30.3 Å². The van der Waals surface area contributed by atoms with Crippen LogP contribution in [0.4, 0.5) is 0 Å². The van der Waals surface area contributed by atoms with Crippen molar-refractivity contribution in [3.8, 4) is 11.5 Å². The van der Waals surface area contributed by atoms with Gasteiger partial charge in [0, 0.05) is 38.5 Å². The number of nitrogens with one attached hydrogen (secondary N) is 2. The summed E-state index contributed by atoms with van der Waals surface area (Å²) in [5.74, 6) is -1.41. The van der Waals surface area contributed by atoms with Gasteiger partial charge < -0.3 is 25.1 Å². The zero-order valence-corrected chi connectivity index (χ0v) is 23.3. The van der Waals surface area contributed by atoms with Crippen LogP contribution >= 0.6 is 0 Å². The van der Waals surface area contributed by atoms with E-state index in [4.69, 9.17) is 4.42 Å². The lowest BCUT2D eigenvalue weighted by Gasteiger charge is -2.19. The number of benzene rings is 1. The summed E-state index contributed by atoms with van der Waals surface area (Å²) < 4.78 is 5.62. The lowest BCUT2D eigenvalue weighted by molar-refractivity contribution is -0.142. The maximum atomic E-state index is 12.6. The van der Waals surface area contributed by atoms with Gasteiger partial charge in [0.2, 0.25) is 17.7 Å². The number of likely N-dealkylation sites (N-methyl/N-ethyl adjacent to an activating group) is 1. The van der Waals surface area contributed by atoms with Gasteiger partial charge in [0.1, 0.15) is 11.8 Å². The van der Waals surface area contributed by atoms with E-state index in [0.29, 0.717) is 11.7 Å². The lowest BCUT2D eigenvalue weighted by Crippen LogP contribution is -2.42. The minimum atomic E-state index is -1.16. The van der Waals surface area contributed by atoms with Crippen molar-refractivity contribution in [2.45, 2.75) is 84.1 Å². The van der Waals surface area contributed by atoms with Gasteiger partial charge >= 0.3 is 5.97 Å². The van der Waals surface area contributed by atoms with Gasteiger partial charge in [-0.1, -0.05) is 63.6 Å². The molecule has 3 amide bonds. The molecule has 39 heavy (non-hydrogen) atoms. The Morgan fingerprint density at radius 3 is 2.33 bits per heavy atom. The van der Waals surface area contributed by atoms with E-state index in [1.54, 1.807) is 14.0 Å². The van der Waals surface area contributed by atoms with Crippen LogP contribution < -0.4 is 10.6 Å². The van der Waals surface area contributed by atoms with Crippen LogP contribution in [-0.2, 0) is 14.4 Å². The first-order chi connectivity index (χ1) is 18.7. The second kappa shape index (κ2) is 17.0. The van der Waals surface area contributed by atoms with Crippen molar-refractivity contribution < 1.29 is 28.7 Å². The monoisotopic (exact) mass is 542 g/mol. The van der Waals surface area contributed by atoms with Crippen LogP contribution in [0, 0.1) is 6.92 Å². The number of carbonyl (C=O) groups excluding carboxylic acids is 3. The highest BCUT2D eigenvalue weighted by Gasteiger charge is 2.22. The number of carboxylic acid groups (broad SMARTS) is 1. The topological polar surface area (TPSA) is 142 Å². The fourth-order valence-corrected chi connectivity index (χ4v) is 4.08. The summed E-state index contributed by atoms with van der Waals surface area (Å²) >= 11 is 0. The molecule has 0 aliphatic carbocycles. The highest BCUT2D eigenvalue weighted by molar-refractivity contribution is 5.93. The number of aromatic nitrogens is 1. The molecule has 10 nitrogen and oxygen atoms in total. The van der Waals surface area contributed by atoms with E-state index < -0.39 is 17.9 Å². The minimum Gasteiger partial charge on any atom is -0.480 e. The van der Waals surface area contributed by atoms with E-state index in [0.717, 1.165) is 31.2 Å². The molecule has 2 rings (SSSR count). The molecule has 1 heterocycles. The molecule has 10 heteroatoms. The van der Waals surface area contributed by atoms with Crippen LogP contribution in [0.3, 0.4) is 0 Å². The quantitative estimate of drug-likeness (QED) is 0.238. The summed E-state index contributed by atoms with van der Waals surface area (Å²) in [6.07, 6.45) is 7.74. The van der Waals surface area contributed by atoms with E-state index in [1.165, 1.54) is 24.2 Å². The number of nitrogens with zero attached hydrogens (tertiary/aromatic N) is 2. The number of carboxylic acids is 1. The van der Waals surface area contributed by atoms with E-state index in [2.05, 4.69) is 22.5 Å². The average molecular weight is 543 g/mol. The van der Waals surface area contributed by atoms with Gasteiger partial charge in [-0.15, -0.1) is 0 Å². The first-order valence-corrected chi connectivity index (χ1v) is 13.8. The van der Waals surface area contributed by atoms with Gasteiger partial charge in [0.15, 0.2) is 5.69 Å². The van der Waals surface area contributed by atoms with E-state index >= 15 is 0 Å². The molecular weight excluding hydrogens is 500 g/mol. The number of unbranched alkanes of at least 4 members (excludes halogenated alkanes) is 6. The number of hydrogen-bond donors (Lipinski definition) is 3. The van der Waals surface area contributed by atoms with Crippen molar-refractivity contribution >= 4 is 23.7 Å². The van der Waals surface area contributed by atoms with Gasteiger partial charge in [-0.3, -0.25) is 14.4 Å². The van der Waals surface area contributed by atoms with Gasteiger partial charge in [-0.25, -0.2) is 9.78 Å². The van der Waals surface area contributed by atoms with Crippen LogP contribution in [0.1, 0.15) is 87.4 Å². The van der Waals surface area contributed by atoms with Crippen LogP contribution in [0.15, 0.2) is 34.7 Å². The second-order valence-corrected chi connectivity index (χ2v) is 9.73. The second-order valence-electron chi connectivity index (χ2n) is 9.73. The molecular formula is C29H42N4O6. The molecule has 0 spiro atoms. The summed E-state index contributed by atoms with van der Waals surface area (Å²) in [7, 11) is 1.58. The molecule has 1 atom stereocenters. The Kier molecular flexibility index (Phi) is 13.7. The summed E-state index contributed by atoms with van der Waals surface area (Å²) in [5, 5.41) is 14.7. The summed E-state index contributed by atoms with van der Waals surface area (Å²) in [5.41, 5.74) is 0.943. The van der Waals surface area contributed by atoms with Gasteiger partial charge in [-0.2, -0.15) is 0 Å². The SMILES string of the molecule is CCCCCCCCCC(=O)NC(CCC(=O)N(C)CCNC(=O)c1nc(-c2ccccc2)oc1C)C(=O)O. The fourth-order valence-electron chi connectivity index (χ4n) is 4.08. The first-order valence-electron chi connectivity index (χ1n) is 13.8. The summed E-state index contributed by atoms with van der Waals surface area (Å²) in [6, 6.07) is 8.14. The van der Waals surface area contributed by atoms with Crippen LogP contribution in [-0.4, -0.2) is 64.9 Å². The maximum Gasteiger partial charge on any atom is 0.326 e. The van der Waals surface area contributed by atoms with Gasteiger partial charge in [0.25, 0.3) is 5.91 Å². The number of aryl methyl sites for hydroxylation is 1. The predicted molar refractivity (Wildman–Crippen MR) is 148 cm³/mol. The molecule has 0 saturated carbocycles. The van der Waals surface area contributed by atoms with Gasteiger partial charge in [-0.05, 0) is 31.9 Å². The normalized spacial score (nSPS) is 11.6. The molecule has 0 saturated heterocycles. The van der Waals surface area contributed by atoms with Crippen molar-refractivity contribution in [1.82, 2.24) is 20.5 Å². The average Bonchev–Trinajstić information content (AvgIpc) is 3.32. The zero-order chi connectivity index (χ0) is 28.6. The third-order valence-corrected chi connectivity index (χ3v) is 6.48. The Labute approximate surface area is 230 Å².